The number of amides is 1. The van der Waals surface area contributed by atoms with Gasteiger partial charge in [0, 0.05) is 16.8 Å². The molecule has 29 heavy (non-hydrogen) atoms. The number of nitrogens with one attached hydrogen (secondary N) is 1. The van der Waals surface area contributed by atoms with Gasteiger partial charge in [-0.1, -0.05) is 24.3 Å². The maximum atomic E-state index is 13.1. The zero-order valence-corrected chi connectivity index (χ0v) is 15.2. The zero-order valence-electron chi connectivity index (χ0n) is 15.2. The summed E-state index contributed by atoms with van der Waals surface area (Å²) in [4.78, 5) is 11.9. The first-order chi connectivity index (χ1) is 14.2. The minimum Gasteiger partial charge on any atom is -0.484 e. The SMILES string of the molecule is O=C(COc1ccc(-c2nnc(-c3ccccc3)o2)cc1)Nc1cccc(F)c1. The first-order valence-electron chi connectivity index (χ1n) is 8.85. The van der Waals surface area contributed by atoms with Gasteiger partial charge in [0.15, 0.2) is 6.61 Å². The molecule has 0 atom stereocenters. The molecule has 0 aliphatic heterocycles. The van der Waals surface area contributed by atoms with Gasteiger partial charge in [-0.2, -0.15) is 0 Å². The predicted octanol–water partition coefficient (Wildman–Crippen LogP) is 4.56. The lowest BCUT2D eigenvalue weighted by atomic mass is 10.2. The summed E-state index contributed by atoms with van der Waals surface area (Å²) in [7, 11) is 0. The lowest BCUT2D eigenvalue weighted by Gasteiger charge is -2.08. The summed E-state index contributed by atoms with van der Waals surface area (Å²) < 4.78 is 24.3. The van der Waals surface area contributed by atoms with Gasteiger partial charge in [-0.25, -0.2) is 4.39 Å². The van der Waals surface area contributed by atoms with Crippen LogP contribution in [0.3, 0.4) is 0 Å². The molecule has 144 valence electrons. The Bertz CT molecular complexity index is 1110. The van der Waals surface area contributed by atoms with Crippen LogP contribution in [-0.4, -0.2) is 22.7 Å². The van der Waals surface area contributed by atoms with E-state index in [-0.39, 0.29) is 12.5 Å². The molecule has 3 aromatic carbocycles. The van der Waals surface area contributed by atoms with Crippen molar-refractivity contribution in [1.29, 1.82) is 0 Å². The van der Waals surface area contributed by atoms with Gasteiger partial charge in [0.1, 0.15) is 11.6 Å². The molecule has 1 N–H and O–H groups in total. The molecule has 0 saturated carbocycles. The van der Waals surface area contributed by atoms with Gasteiger partial charge in [0.25, 0.3) is 5.91 Å². The molecule has 0 radical (unpaired) electrons. The molecule has 0 aliphatic rings. The zero-order chi connectivity index (χ0) is 20.1. The van der Waals surface area contributed by atoms with E-state index in [4.69, 9.17) is 9.15 Å². The van der Waals surface area contributed by atoms with Crippen molar-refractivity contribution < 1.29 is 18.3 Å². The smallest absolute Gasteiger partial charge is 0.262 e. The number of aromatic nitrogens is 2. The van der Waals surface area contributed by atoms with E-state index < -0.39 is 5.82 Å². The van der Waals surface area contributed by atoms with Crippen molar-refractivity contribution in [3.63, 3.8) is 0 Å². The van der Waals surface area contributed by atoms with Crippen molar-refractivity contribution in [1.82, 2.24) is 10.2 Å². The fourth-order valence-electron chi connectivity index (χ4n) is 2.64. The molecule has 1 aromatic heterocycles. The summed E-state index contributed by atoms with van der Waals surface area (Å²) >= 11 is 0. The van der Waals surface area contributed by atoms with Gasteiger partial charge in [-0.3, -0.25) is 4.79 Å². The predicted molar refractivity (Wildman–Crippen MR) is 106 cm³/mol. The number of carbonyl (C=O) groups is 1. The summed E-state index contributed by atoms with van der Waals surface area (Å²) in [5.41, 5.74) is 1.95. The van der Waals surface area contributed by atoms with Crippen LogP contribution in [0.1, 0.15) is 0 Å². The Kier molecular flexibility index (Phi) is 5.29. The summed E-state index contributed by atoms with van der Waals surface area (Å²) in [6, 6.07) is 22.1. The van der Waals surface area contributed by atoms with E-state index in [0.717, 1.165) is 11.1 Å². The number of ether oxygens (including phenoxy) is 1. The molecule has 0 saturated heterocycles. The second-order valence-electron chi connectivity index (χ2n) is 6.15. The van der Waals surface area contributed by atoms with E-state index >= 15 is 0 Å². The molecular weight excluding hydrogens is 373 g/mol. The molecule has 0 fully saturated rings. The Morgan fingerprint density at radius 1 is 0.897 bits per heavy atom. The molecule has 6 nitrogen and oxygen atoms in total. The van der Waals surface area contributed by atoms with Crippen LogP contribution in [0.25, 0.3) is 22.9 Å². The minimum absolute atomic E-state index is 0.200. The van der Waals surface area contributed by atoms with E-state index in [0.29, 0.717) is 23.2 Å². The van der Waals surface area contributed by atoms with E-state index in [2.05, 4.69) is 15.5 Å². The van der Waals surface area contributed by atoms with E-state index in [1.54, 1.807) is 30.3 Å². The van der Waals surface area contributed by atoms with Crippen LogP contribution in [0.15, 0.2) is 83.3 Å². The molecule has 7 heteroatoms. The Balaban J connectivity index is 1.36. The number of nitrogens with zero attached hydrogens (tertiary/aromatic N) is 2. The van der Waals surface area contributed by atoms with Gasteiger partial charge in [0.2, 0.25) is 11.8 Å². The number of hydrogen-bond donors (Lipinski definition) is 1. The molecule has 4 aromatic rings. The Morgan fingerprint density at radius 3 is 2.28 bits per heavy atom. The van der Waals surface area contributed by atoms with E-state index in [1.165, 1.54) is 18.2 Å². The lowest BCUT2D eigenvalue weighted by Crippen LogP contribution is -2.20. The van der Waals surface area contributed by atoms with Crippen LogP contribution < -0.4 is 10.1 Å². The van der Waals surface area contributed by atoms with Crippen molar-refractivity contribution >= 4 is 11.6 Å². The molecule has 0 spiro atoms. The third-order valence-corrected chi connectivity index (χ3v) is 4.03. The van der Waals surface area contributed by atoms with Gasteiger partial charge in [0.05, 0.1) is 0 Å². The van der Waals surface area contributed by atoms with Gasteiger partial charge < -0.3 is 14.5 Å². The highest BCUT2D eigenvalue weighted by Gasteiger charge is 2.11. The maximum absolute atomic E-state index is 13.1. The van der Waals surface area contributed by atoms with E-state index in [1.807, 2.05) is 30.3 Å². The standard InChI is InChI=1S/C22H16FN3O3/c23-17-7-4-8-18(13-17)24-20(27)14-28-19-11-9-16(10-12-19)22-26-25-21(29-22)15-5-2-1-3-6-15/h1-13H,14H2,(H,24,27). The van der Waals surface area contributed by atoms with Crippen LogP contribution in [0.2, 0.25) is 0 Å². The van der Waals surface area contributed by atoms with Crippen molar-refractivity contribution in [2.75, 3.05) is 11.9 Å². The molecule has 0 bridgehead atoms. The molecule has 0 aliphatic carbocycles. The summed E-state index contributed by atoms with van der Waals surface area (Å²) in [6.45, 7) is -0.200. The maximum Gasteiger partial charge on any atom is 0.262 e. The molecule has 1 amide bonds. The van der Waals surface area contributed by atoms with Gasteiger partial charge >= 0.3 is 0 Å². The van der Waals surface area contributed by atoms with Crippen LogP contribution in [-0.2, 0) is 4.79 Å². The second-order valence-corrected chi connectivity index (χ2v) is 6.15. The normalized spacial score (nSPS) is 10.5. The molecular formula is C22H16FN3O3. The van der Waals surface area contributed by atoms with Crippen molar-refractivity contribution in [3.8, 4) is 28.7 Å². The molecule has 1 heterocycles. The van der Waals surface area contributed by atoms with Crippen molar-refractivity contribution in [3.05, 3.63) is 84.7 Å². The number of halogens is 1. The fraction of sp³-hybridized carbons (Fsp3) is 0.0455. The number of benzene rings is 3. The summed E-state index contributed by atoms with van der Waals surface area (Å²) in [5.74, 6) is 0.528. The van der Waals surface area contributed by atoms with Crippen molar-refractivity contribution in [2.45, 2.75) is 0 Å². The highest BCUT2D eigenvalue weighted by Crippen LogP contribution is 2.25. The largest absolute Gasteiger partial charge is 0.484 e. The van der Waals surface area contributed by atoms with Crippen LogP contribution in [0.4, 0.5) is 10.1 Å². The average Bonchev–Trinajstić information content (AvgIpc) is 3.24. The Labute approximate surface area is 166 Å². The fourth-order valence-corrected chi connectivity index (χ4v) is 2.64. The van der Waals surface area contributed by atoms with Crippen LogP contribution in [0, 0.1) is 5.82 Å². The van der Waals surface area contributed by atoms with Gasteiger partial charge in [-0.15, -0.1) is 10.2 Å². The summed E-state index contributed by atoms with van der Waals surface area (Å²) in [6.07, 6.45) is 0. The monoisotopic (exact) mass is 389 g/mol. The number of hydrogen-bond acceptors (Lipinski definition) is 5. The van der Waals surface area contributed by atoms with Crippen LogP contribution >= 0.6 is 0 Å². The lowest BCUT2D eigenvalue weighted by molar-refractivity contribution is -0.118. The van der Waals surface area contributed by atoms with Crippen LogP contribution in [0.5, 0.6) is 5.75 Å². The third kappa shape index (κ3) is 4.65. The third-order valence-electron chi connectivity index (χ3n) is 4.03. The number of anilines is 1. The molecule has 4 rings (SSSR count). The Morgan fingerprint density at radius 2 is 1.59 bits per heavy atom. The average molecular weight is 389 g/mol. The highest BCUT2D eigenvalue weighted by atomic mass is 19.1. The topological polar surface area (TPSA) is 77.2 Å². The summed E-state index contributed by atoms with van der Waals surface area (Å²) in [5, 5.41) is 10.7. The second kappa shape index (κ2) is 8.35. The quantitative estimate of drug-likeness (QED) is 0.523. The molecule has 0 unspecified atom stereocenters. The first kappa shape index (κ1) is 18.4. The number of carbonyl (C=O) groups excluding carboxylic acids is 1. The highest BCUT2D eigenvalue weighted by molar-refractivity contribution is 5.91. The minimum atomic E-state index is -0.421. The number of rotatable bonds is 6. The van der Waals surface area contributed by atoms with Crippen molar-refractivity contribution in [2.24, 2.45) is 0 Å². The Hall–Kier alpha value is -4.00. The van der Waals surface area contributed by atoms with E-state index in [9.17, 15) is 9.18 Å². The first-order valence-corrected chi connectivity index (χ1v) is 8.85. The van der Waals surface area contributed by atoms with Gasteiger partial charge in [-0.05, 0) is 54.6 Å².